The van der Waals surface area contributed by atoms with Gasteiger partial charge in [-0.05, 0) is 24.2 Å². The second-order valence-corrected chi connectivity index (χ2v) is 7.42. The fraction of sp³-hybridized carbons (Fsp3) is 0.765. The monoisotopic (exact) mass is 337 g/mol. The zero-order valence-corrected chi connectivity index (χ0v) is 14.9. The van der Waals surface area contributed by atoms with Gasteiger partial charge in [-0.2, -0.15) is 0 Å². The maximum absolute atomic E-state index is 12.3. The number of hydrogen-bond donors (Lipinski definition) is 1. The quantitative estimate of drug-likeness (QED) is 0.606. The third-order valence-electron chi connectivity index (χ3n) is 5.04. The standard InChI is InChI=1S/C17H27N3O4/c1-10(2)8-19-15(22)16(23)20(17(19)24)9-14(21)18-13-7-5-6-11(3)12(13)4/h10-13H,5-9H2,1-4H3,(H,18,21)/t11-,12-,13-/m1/s1. The SMILES string of the molecule is CC(C)CN1C(=O)C(=O)N(CC(=O)N[C@@H]2CCC[C@@H](C)[C@H]2C)C1=O. The molecule has 1 heterocycles. The molecule has 3 atom stereocenters. The van der Waals surface area contributed by atoms with E-state index in [0.29, 0.717) is 11.8 Å². The number of carbonyl (C=O) groups is 4. The number of hydrogen-bond acceptors (Lipinski definition) is 4. The number of nitrogens with one attached hydrogen (secondary N) is 1. The van der Waals surface area contributed by atoms with Crippen LogP contribution in [0.4, 0.5) is 4.79 Å². The largest absolute Gasteiger partial charge is 0.352 e. The van der Waals surface area contributed by atoms with E-state index in [1.807, 2.05) is 13.8 Å². The molecule has 0 unspecified atom stereocenters. The van der Waals surface area contributed by atoms with Gasteiger partial charge in [0.05, 0.1) is 0 Å². The summed E-state index contributed by atoms with van der Waals surface area (Å²) in [5, 5.41) is 2.92. The van der Waals surface area contributed by atoms with Crippen LogP contribution in [0.2, 0.25) is 0 Å². The van der Waals surface area contributed by atoms with E-state index >= 15 is 0 Å². The third-order valence-corrected chi connectivity index (χ3v) is 5.04. The number of amides is 5. The molecular formula is C17H27N3O4. The molecule has 7 heteroatoms. The molecule has 5 amide bonds. The van der Waals surface area contributed by atoms with E-state index in [1.54, 1.807) is 0 Å². The molecule has 1 N–H and O–H groups in total. The highest BCUT2D eigenvalue weighted by atomic mass is 16.2. The highest BCUT2D eigenvalue weighted by Crippen LogP contribution is 2.29. The van der Waals surface area contributed by atoms with Gasteiger partial charge >= 0.3 is 17.8 Å². The summed E-state index contributed by atoms with van der Waals surface area (Å²) in [4.78, 5) is 50.1. The van der Waals surface area contributed by atoms with Crippen LogP contribution in [0, 0.1) is 17.8 Å². The number of nitrogens with zero attached hydrogens (tertiary/aromatic N) is 2. The van der Waals surface area contributed by atoms with Crippen LogP contribution in [-0.4, -0.2) is 52.7 Å². The molecule has 2 fully saturated rings. The Bertz CT molecular complexity index is 546. The van der Waals surface area contributed by atoms with Crippen LogP contribution in [0.3, 0.4) is 0 Å². The van der Waals surface area contributed by atoms with Gasteiger partial charge in [0.25, 0.3) is 0 Å². The van der Waals surface area contributed by atoms with Gasteiger partial charge in [-0.3, -0.25) is 19.3 Å². The molecule has 134 valence electrons. The molecule has 0 aromatic rings. The molecule has 1 aliphatic heterocycles. The summed E-state index contributed by atoms with van der Waals surface area (Å²) in [7, 11) is 0. The molecule has 0 radical (unpaired) electrons. The Morgan fingerprint density at radius 2 is 1.75 bits per heavy atom. The molecule has 0 aromatic carbocycles. The molecule has 1 saturated heterocycles. The molecule has 0 spiro atoms. The predicted molar refractivity (Wildman–Crippen MR) is 87.8 cm³/mol. The van der Waals surface area contributed by atoms with Crippen LogP contribution in [0.15, 0.2) is 0 Å². The van der Waals surface area contributed by atoms with Gasteiger partial charge in [0.15, 0.2) is 0 Å². The van der Waals surface area contributed by atoms with Crippen LogP contribution < -0.4 is 5.32 Å². The van der Waals surface area contributed by atoms with Gasteiger partial charge in [-0.15, -0.1) is 0 Å². The second kappa shape index (κ2) is 7.32. The summed E-state index contributed by atoms with van der Waals surface area (Å²) in [6.07, 6.45) is 3.10. The minimum atomic E-state index is -0.916. The van der Waals surface area contributed by atoms with Crippen LogP contribution in [0.25, 0.3) is 0 Å². The summed E-state index contributed by atoms with van der Waals surface area (Å²) in [6.45, 7) is 7.76. The van der Waals surface area contributed by atoms with Gasteiger partial charge in [-0.25, -0.2) is 9.69 Å². The zero-order chi connectivity index (χ0) is 18.0. The van der Waals surface area contributed by atoms with Crippen LogP contribution in [0.1, 0.15) is 47.0 Å². The van der Waals surface area contributed by atoms with Crippen molar-refractivity contribution in [2.24, 2.45) is 17.8 Å². The zero-order valence-electron chi connectivity index (χ0n) is 14.9. The van der Waals surface area contributed by atoms with E-state index in [0.717, 1.165) is 29.1 Å². The fourth-order valence-corrected chi connectivity index (χ4v) is 3.40. The summed E-state index contributed by atoms with van der Waals surface area (Å²) in [5.41, 5.74) is 0. The Balaban J connectivity index is 1.97. The highest BCUT2D eigenvalue weighted by Gasteiger charge is 2.45. The van der Waals surface area contributed by atoms with Crippen molar-refractivity contribution in [2.75, 3.05) is 13.1 Å². The third kappa shape index (κ3) is 3.76. The summed E-state index contributed by atoms with van der Waals surface area (Å²) in [6, 6.07) is -0.643. The molecule has 1 saturated carbocycles. The van der Waals surface area contributed by atoms with E-state index < -0.39 is 24.4 Å². The smallest absolute Gasteiger partial charge is 0.334 e. The Morgan fingerprint density at radius 3 is 2.38 bits per heavy atom. The van der Waals surface area contributed by atoms with Gasteiger partial charge in [0, 0.05) is 12.6 Å². The van der Waals surface area contributed by atoms with E-state index in [1.165, 1.54) is 0 Å². The average molecular weight is 337 g/mol. The van der Waals surface area contributed by atoms with Crippen molar-refractivity contribution >= 4 is 23.8 Å². The molecule has 2 aliphatic rings. The number of imide groups is 2. The Hall–Kier alpha value is -1.92. The lowest BCUT2D eigenvalue weighted by Gasteiger charge is -2.34. The minimum Gasteiger partial charge on any atom is -0.352 e. The van der Waals surface area contributed by atoms with Crippen molar-refractivity contribution in [1.29, 1.82) is 0 Å². The fourth-order valence-electron chi connectivity index (χ4n) is 3.40. The first kappa shape index (κ1) is 18.4. The van der Waals surface area contributed by atoms with Crippen molar-refractivity contribution < 1.29 is 19.2 Å². The summed E-state index contributed by atoms with van der Waals surface area (Å²) in [5.74, 6) is -1.21. The van der Waals surface area contributed by atoms with Crippen molar-refractivity contribution in [3.05, 3.63) is 0 Å². The molecule has 1 aliphatic carbocycles. The van der Waals surface area contributed by atoms with Gasteiger partial charge < -0.3 is 5.32 Å². The topological polar surface area (TPSA) is 86.8 Å². The lowest BCUT2D eigenvalue weighted by atomic mass is 9.78. The van der Waals surface area contributed by atoms with Gasteiger partial charge in [-0.1, -0.05) is 40.5 Å². The maximum Gasteiger partial charge on any atom is 0.334 e. The van der Waals surface area contributed by atoms with E-state index in [2.05, 4.69) is 19.2 Å². The maximum atomic E-state index is 12.3. The van der Waals surface area contributed by atoms with Crippen molar-refractivity contribution in [3.63, 3.8) is 0 Å². The Kier molecular flexibility index (Phi) is 5.62. The normalized spacial score (nSPS) is 28.0. The highest BCUT2D eigenvalue weighted by molar-refractivity contribution is 6.45. The molecular weight excluding hydrogens is 310 g/mol. The molecule has 0 aromatic heterocycles. The van der Waals surface area contributed by atoms with E-state index in [4.69, 9.17) is 0 Å². The number of urea groups is 1. The van der Waals surface area contributed by atoms with E-state index in [9.17, 15) is 19.2 Å². The predicted octanol–water partition coefficient (Wildman–Crippen LogP) is 1.37. The van der Waals surface area contributed by atoms with Crippen molar-refractivity contribution in [3.8, 4) is 0 Å². The van der Waals surface area contributed by atoms with Crippen LogP contribution in [0.5, 0.6) is 0 Å². The molecule has 7 nitrogen and oxygen atoms in total. The number of rotatable bonds is 5. The average Bonchev–Trinajstić information content (AvgIpc) is 2.69. The van der Waals surface area contributed by atoms with E-state index in [-0.39, 0.29) is 24.4 Å². The lowest BCUT2D eigenvalue weighted by molar-refractivity contribution is -0.144. The first-order valence-electron chi connectivity index (χ1n) is 8.69. The minimum absolute atomic E-state index is 0.0523. The van der Waals surface area contributed by atoms with Crippen molar-refractivity contribution in [2.45, 2.75) is 53.0 Å². The van der Waals surface area contributed by atoms with Crippen LogP contribution in [-0.2, 0) is 14.4 Å². The Labute approximate surface area is 142 Å². The first-order valence-corrected chi connectivity index (χ1v) is 8.69. The molecule has 0 bridgehead atoms. The first-order chi connectivity index (χ1) is 11.2. The lowest BCUT2D eigenvalue weighted by Crippen LogP contribution is -2.48. The van der Waals surface area contributed by atoms with Crippen LogP contribution >= 0.6 is 0 Å². The van der Waals surface area contributed by atoms with Gasteiger partial charge in [0.1, 0.15) is 6.54 Å². The van der Waals surface area contributed by atoms with Gasteiger partial charge in [0.2, 0.25) is 5.91 Å². The molecule has 24 heavy (non-hydrogen) atoms. The Morgan fingerprint density at radius 1 is 1.12 bits per heavy atom. The second-order valence-electron chi connectivity index (χ2n) is 7.42. The van der Waals surface area contributed by atoms with Crippen molar-refractivity contribution in [1.82, 2.24) is 15.1 Å². The number of carbonyl (C=O) groups excluding carboxylic acids is 4. The summed E-state index contributed by atoms with van der Waals surface area (Å²) < 4.78 is 0. The molecule has 2 rings (SSSR count). The summed E-state index contributed by atoms with van der Waals surface area (Å²) >= 11 is 0.